The molecule has 0 fully saturated rings. The largest absolute Gasteiger partial charge is 0.361 e. The Bertz CT molecular complexity index is 780. The Morgan fingerprint density at radius 1 is 1.25 bits per heavy atom. The summed E-state index contributed by atoms with van der Waals surface area (Å²) in [6.07, 6.45) is 5.12. The number of H-pyrrole nitrogens is 1. The molecule has 20 heavy (non-hydrogen) atoms. The molecule has 0 radical (unpaired) electrons. The van der Waals surface area contributed by atoms with Crippen molar-refractivity contribution in [1.29, 1.82) is 0 Å². The second kappa shape index (κ2) is 5.53. The number of para-hydroxylation sites is 1. The van der Waals surface area contributed by atoms with E-state index in [1.165, 1.54) is 6.20 Å². The van der Waals surface area contributed by atoms with E-state index in [-0.39, 0.29) is 0 Å². The van der Waals surface area contributed by atoms with Gasteiger partial charge in [0.05, 0.1) is 16.3 Å². The van der Waals surface area contributed by atoms with E-state index in [9.17, 15) is 0 Å². The van der Waals surface area contributed by atoms with Crippen LogP contribution < -0.4 is 5.43 Å². The molecule has 100 valence electrons. The van der Waals surface area contributed by atoms with Gasteiger partial charge in [-0.1, -0.05) is 41.4 Å². The Morgan fingerprint density at radius 3 is 2.95 bits per heavy atom. The normalized spacial score (nSPS) is 11.3. The molecule has 0 saturated carbocycles. The number of rotatable bonds is 3. The van der Waals surface area contributed by atoms with Crippen molar-refractivity contribution >= 4 is 46.1 Å². The number of nitrogens with zero attached hydrogens (tertiary/aromatic N) is 2. The molecule has 0 unspecified atom stereocenters. The van der Waals surface area contributed by atoms with E-state index in [4.69, 9.17) is 23.2 Å². The van der Waals surface area contributed by atoms with Gasteiger partial charge in [-0.3, -0.25) is 5.43 Å². The van der Waals surface area contributed by atoms with E-state index in [1.807, 2.05) is 30.5 Å². The molecule has 0 saturated heterocycles. The monoisotopic (exact) mass is 304 g/mol. The lowest BCUT2D eigenvalue weighted by Crippen LogP contribution is -1.94. The number of halogens is 2. The summed E-state index contributed by atoms with van der Waals surface area (Å²) >= 11 is 11.8. The van der Waals surface area contributed by atoms with Crippen LogP contribution in [-0.2, 0) is 0 Å². The van der Waals surface area contributed by atoms with Crippen LogP contribution in [0.2, 0.25) is 10.0 Å². The number of nitrogens with one attached hydrogen (secondary N) is 2. The van der Waals surface area contributed by atoms with Crippen LogP contribution in [-0.4, -0.2) is 16.2 Å². The van der Waals surface area contributed by atoms with Gasteiger partial charge >= 0.3 is 0 Å². The molecule has 1 aromatic carbocycles. The summed E-state index contributed by atoms with van der Waals surface area (Å²) in [7, 11) is 0. The molecule has 0 bridgehead atoms. The van der Waals surface area contributed by atoms with Gasteiger partial charge in [0.15, 0.2) is 5.82 Å². The first-order chi connectivity index (χ1) is 9.74. The highest BCUT2D eigenvalue weighted by Gasteiger charge is 2.02. The van der Waals surface area contributed by atoms with E-state index >= 15 is 0 Å². The fraction of sp³-hybridized carbons (Fsp3) is 0. The standard InChI is InChI=1S/C14H10Cl2N4/c15-10-5-12(16)14(18-8-10)20-19-7-9-6-17-13-4-2-1-3-11(9)13/h1-8,17H,(H,18,20)/b19-7-. The number of hydrogen-bond acceptors (Lipinski definition) is 3. The zero-order valence-electron chi connectivity index (χ0n) is 10.3. The Balaban J connectivity index is 1.81. The van der Waals surface area contributed by atoms with Crippen LogP contribution in [0.1, 0.15) is 5.56 Å². The molecule has 0 aliphatic heterocycles. The Hall–Kier alpha value is -2.04. The van der Waals surface area contributed by atoms with E-state index in [2.05, 4.69) is 20.5 Å². The number of fused-ring (bicyclic) bond motifs is 1. The molecule has 3 aromatic rings. The fourth-order valence-electron chi connectivity index (χ4n) is 1.86. The van der Waals surface area contributed by atoms with Gasteiger partial charge in [0.2, 0.25) is 0 Å². The average Bonchev–Trinajstić information content (AvgIpc) is 2.85. The van der Waals surface area contributed by atoms with Gasteiger partial charge in [0.1, 0.15) is 0 Å². The van der Waals surface area contributed by atoms with E-state index in [0.29, 0.717) is 15.9 Å². The number of hydrazone groups is 1. The number of hydrogen-bond donors (Lipinski definition) is 2. The van der Waals surface area contributed by atoms with Crippen molar-refractivity contribution in [1.82, 2.24) is 9.97 Å². The first-order valence-electron chi connectivity index (χ1n) is 5.90. The van der Waals surface area contributed by atoms with Crippen LogP contribution in [0.15, 0.2) is 47.8 Å². The maximum absolute atomic E-state index is 6.00. The minimum absolute atomic E-state index is 0.425. The van der Waals surface area contributed by atoms with Crippen molar-refractivity contribution < 1.29 is 0 Å². The van der Waals surface area contributed by atoms with Crippen molar-refractivity contribution in [3.8, 4) is 0 Å². The lowest BCUT2D eigenvalue weighted by atomic mass is 10.2. The lowest BCUT2D eigenvalue weighted by Gasteiger charge is -2.01. The maximum atomic E-state index is 6.00. The topological polar surface area (TPSA) is 53.1 Å². The minimum atomic E-state index is 0.425. The Labute approximate surface area is 125 Å². The van der Waals surface area contributed by atoms with Crippen molar-refractivity contribution in [3.63, 3.8) is 0 Å². The summed E-state index contributed by atoms with van der Waals surface area (Å²) in [6.45, 7) is 0. The Kier molecular flexibility index (Phi) is 3.58. The summed E-state index contributed by atoms with van der Waals surface area (Å²) in [5.41, 5.74) is 4.85. The number of benzene rings is 1. The van der Waals surface area contributed by atoms with E-state index < -0.39 is 0 Å². The van der Waals surface area contributed by atoms with Crippen LogP contribution >= 0.6 is 23.2 Å². The third kappa shape index (κ3) is 2.61. The summed E-state index contributed by atoms with van der Waals surface area (Å²) in [5.74, 6) is 0.465. The van der Waals surface area contributed by atoms with Crippen LogP contribution in [0.3, 0.4) is 0 Å². The van der Waals surface area contributed by atoms with Crippen molar-refractivity contribution in [2.24, 2.45) is 5.10 Å². The third-order valence-electron chi connectivity index (χ3n) is 2.80. The van der Waals surface area contributed by atoms with Gasteiger partial charge < -0.3 is 4.98 Å². The average molecular weight is 305 g/mol. The van der Waals surface area contributed by atoms with Gasteiger partial charge in [-0.2, -0.15) is 5.10 Å². The summed E-state index contributed by atoms with van der Waals surface area (Å²) < 4.78 is 0. The highest BCUT2D eigenvalue weighted by atomic mass is 35.5. The number of anilines is 1. The van der Waals surface area contributed by atoms with Crippen LogP contribution in [0, 0.1) is 0 Å². The molecular formula is C14H10Cl2N4. The summed E-state index contributed by atoms with van der Waals surface area (Å²) in [6, 6.07) is 9.62. The van der Waals surface area contributed by atoms with Crippen LogP contribution in [0.5, 0.6) is 0 Å². The first-order valence-corrected chi connectivity index (χ1v) is 6.66. The molecule has 6 heteroatoms. The van der Waals surface area contributed by atoms with E-state index in [1.54, 1.807) is 12.3 Å². The third-order valence-corrected chi connectivity index (χ3v) is 3.30. The SMILES string of the molecule is Clc1cnc(N/N=C\c2c[nH]c3ccccc23)c(Cl)c1. The van der Waals surface area contributed by atoms with Gasteiger partial charge in [-0.15, -0.1) is 0 Å². The van der Waals surface area contributed by atoms with Gasteiger partial charge in [0, 0.05) is 28.9 Å². The molecule has 2 aromatic heterocycles. The Morgan fingerprint density at radius 2 is 2.10 bits per heavy atom. The quantitative estimate of drug-likeness (QED) is 0.559. The highest BCUT2D eigenvalue weighted by molar-refractivity contribution is 6.35. The fourth-order valence-corrected chi connectivity index (χ4v) is 2.28. The van der Waals surface area contributed by atoms with Gasteiger partial charge in [0.25, 0.3) is 0 Å². The second-order valence-electron chi connectivity index (χ2n) is 4.14. The molecule has 0 aliphatic carbocycles. The molecule has 0 aliphatic rings. The maximum Gasteiger partial charge on any atom is 0.165 e. The van der Waals surface area contributed by atoms with Crippen molar-refractivity contribution in [3.05, 3.63) is 58.3 Å². The predicted molar refractivity (Wildman–Crippen MR) is 83.8 cm³/mol. The molecule has 2 heterocycles. The van der Waals surface area contributed by atoms with Crippen LogP contribution in [0.25, 0.3) is 10.9 Å². The van der Waals surface area contributed by atoms with Crippen molar-refractivity contribution in [2.75, 3.05) is 5.43 Å². The van der Waals surface area contributed by atoms with Gasteiger partial charge in [-0.25, -0.2) is 4.98 Å². The lowest BCUT2D eigenvalue weighted by molar-refractivity contribution is 1.23. The summed E-state index contributed by atoms with van der Waals surface area (Å²) in [4.78, 5) is 7.24. The van der Waals surface area contributed by atoms with Crippen molar-refractivity contribution in [2.45, 2.75) is 0 Å². The summed E-state index contributed by atoms with van der Waals surface area (Å²) in [5, 5.41) is 6.16. The predicted octanol–water partition coefficient (Wildman–Crippen LogP) is 4.32. The molecule has 0 amide bonds. The molecular weight excluding hydrogens is 295 g/mol. The molecule has 3 rings (SSSR count). The molecule has 0 atom stereocenters. The smallest absolute Gasteiger partial charge is 0.165 e. The molecule has 0 spiro atoms. The van der Waals surface area contributed by atoms with Gasteiger partial charge in [-0.05, 0) is 12.1 Å². The molecule has 2 N–H and O–H groups in total. The number of aromatic nitrogens is 2. The highest BCUT2D eigenvalue weighted by Crippen LogP contribution is 2.22. The van der Waals surface area contributed by atoms with Crippen LogP contribution in [0.4, 0.5) is 5.82 Å². The zero-order valence-corrected chi connectivity index (χ0v) is 11.8. The first kappa shape index (κ1) is 13.0. The minimum Gasteiger partial charge on any atom is -0.361 e. The number of pyridine rings is 1. The number of aromatic amines is 1. The zero-order chi connectivity index (χ0) is 13.9. The van der Waals surface area contributed by atoms with E-state index in [0.717, 1.165) is 16.5 Å². The molecule has 4 nitrogen and oxygen atoms in total. The second-order valence-corrected chi connectivity index (χ2v) is 4.99.